The minimum atomic E-state index is 0. The van der Waals surface area contributed by atoms with Crippen molar-refractivity contribution in [1.82, 2.24) is 0 Å². The van der Waals surface area contributed by atoms with E-state index in [2.05, 4.69) is 0 Å². The molecule has 0 atom stereocenters. The van der Waals surface area contributed by atoms with Gasteiger partial charge in [-0.1, -0.05) is 0 Å². The molecule has 0 fully saturated rings. The third-order valence-corrected chi connectivity index (χ3v) is 2.78. The Morgan fingerprint density at radius 3 is 0.379 bits per heavy atom. The Hall–Kier alpha value is -1.67. The third kappa shape index (κ3) is 28.6. The van der Waals surface area contributed by atoms with Crippen molar-refractivity contribution in [2.24, 2.45) is 0 Å². The number of rotatable bonds is 0. The maximum Gasteiger partial charge on any atom is 0 e. The van der Waals surface area contributed by atoms with Gasteiger partial charge in [0.1, 0.15) is 0 Å². The van der Waals surface area contributed by atoms with Crippen LogP contribution in [0.4, 0.5) is 0 Å². The molecule has 0 nitrogen and oxygen atoms in total. The summed E-state index contributed by atoms with van der Waals surface area (Å²) in [7, 11) is 0. The van der Waals surface area contributed by atoms with Gasteiger partial charge >= 0.3 is 0 Å². The van der Waals surface area contributed by atoms with Gasteiger partial charge in [-0.15, -0.1) is 0 Å². The molecule has 0 saturated carbocycles. The largest absolute Gasteiger partial charge is 1.00 e. The van der Waals surface area contributed by atoms with Crippen LogP contribution in [0.25, 0.3) is 0 Å². The van der Waals surface area contributed by atoms with Gasteiger partial charge in [0.15, 0.2) is 0 Å². The molecule has 0 radical (unpaired) electrons. The van der Waals surface area contributed by atoms with Gasteiger partial charge in [-0.25, -0.2) is 60.7 Å². The van der Waals surface area contributed by atoms with Crippen molar-refractivity contribution >= 4 is 0 Å². The van der Waals surface area contributed by atoms with Gasteiger partial charge < -0.3 is 37.2 Å². The van der Waals surface area contributed by atoms with Crippen molar-refractivity contribution in [3.63, 3.8) is 0 Å². The Labute approximate surface area is 209 Å². The maximum absolute atomic E-state index is 2.00. The van der Waals surface area contributed by atoms with Crippen molar-refractivity contribution in [2.45, 2.75) is 0 Å². The molecular weight excluding hydrogens is 455 g/mol. The third-order valence-electron chi connectivity index (χ3n) is 2.78. The molecule has 5 aromatic rings. The molecule has 5 aromatic carbocycles. The Kier molecular flexibility index (Phi) is 37.3. The fraction of sp³-hybridized carbons (Fsp3) is 0. The van der Waals surface area contributed by atoms with E-state index in [1.54, 1.807) is 0 Å². The van der Waals surface area contributed by atoms with Crippen LogP contribution < -0.4 is 37.2 Å². The summed E-state index contributed by atoms with van der Waals surface area (Å²) < 4.78 is 0. The first kappa shape index (κ1) is 34.8. The molecule has 0 bridgehead atoms. The van der Waals surface area contributed by atoms with E-state index in [1.165, 1.54) is 0 Å². The average Bonchev–Trinajstić information content (AvgIpc) is 3.55. The van der Waals surface area contributed by atoms with Crippen molar-refractivity contribution < 1.29 is 58.9 Å². The van der Waals surface area contributed by atoms with E-state index in [4.69, 9.17) is 0 Å². The maximum atomic E-state index is 2.00. The molecule has 0 amide bonds. The van der Waals surface area contributed by atoms with E-state index in [0.29, 0.717) is 0 Å². The predicted octanol–water partition coefficient (Wildman–Crippen LogP) is -1.96. The second-order valence-electron chi connectivity index (χ2n) is 4.81. The summed E-state index contributed by atoms with van der Waals surface area (Å²) in [5.74, 6) is 0. The normalized spacial score (nSPS) is 6.90. The van der Waals surface area contributed by atoms with Crippen LogP contribution >= 0.6 is 0 Å². The SMILES string of the molecule is [Cl-].[Cl-].[Cl-].[Ti].c1cc[cH-]c1.c1cc[cH-]c1.c1cc[cH-]c1.c1cc[cH-]c1.c1cc[cH-]c1. The quantitative estimate of drug-likeness (QED) is 0.179. The molecule has 0 aliphatic rings. The molecule has 0 aromatic heterocycles. The predicted molar refractivity (Wildman–Crippen MR) is 110 cm³/mol. The van der Waals surface area contributed by atoms with Gasteiger partial charge in [-0.05, 0) is 0 Å². The zero-order chi connectivity index (χ0) is 17.7. The smallest absolute Gasteiger partial charge is 0 e. The Morgan fingerprint density at radius 2 is 0.345 bits per heavy atom. The molecule has 4 heteroatoms. The molecule has 29 heavy (non-hydrogen) atoms. The van der Waals surface area contributed by atoms with Crippen LogP contribution in [0.5, 0.6) is 0 Å². The molecule has 0 heterocycles. The Bertz CT molecular complexity index is 455. The minimum absolute atomic E-state index is 0. The fourth-order valence-corrected chi connectivity index (χ4v) is 1.60. The number of halogens is 3. The zero-order valence-corrected chi connectivity index (χ0v) is 19.9. The average molecular weight is 480 g/mol. The van der Waals surface area contributed by atoms with Crippen LogP contribution in [0.3, 0.4) is 0 Å². The van der Waals surface area contributed by atoms with Gasteiger partial charge in [-0.2, -0.15) is 91.0 Å². The van der Waals surface area contributed by atoms with Gasteiger partial charge in [0.05, 0.1) is 0 Å². The minimum Gasteiger partial charge on any atom is -1.00 e. The summed E-state index contributed by atoms with van der Waals surface area (Å²) in [5, 5.41) is 0. The summed E-state index contributed by atoms with van der Waals surface area (Å²) in [4.78, 5) is 0. The van der Waals surface area contributed by atoms with Crippen LogP contribution in [0.1, 0.15) is 0 Å². The van der Waals surface area contributed by atoms with E-state index in [0.717, 1.165) is 0 Å². The van der Waals surface area contributed by atoms with Crippen molar-refractivity contribution in [1.29, 1.82) is 0 Å². The molecule has 0 unspecified atom stereocenters. The van der Waals surface area contributed by atoms with E-state index < -0.39 is 0 Å². The number of hydrogen-bond acceptors (Lipinski definition) is 0. The van der Waals surface area contributed by atoms with E-state index in [9.17, 15) is 0 Å². The van der Waals surface area contributed by atoms with Crippen molar-refractivity contribution in [3.8, 4) is 0 Å². The first-order chi connectivity index (χ1) is 12.5. The van der Waals surface area contributed by atoms with Crippen molar-refractivity contribution in [2.75, 3.05) is 0 Å². The van der Waals surface area contributed by atoms with Crippen LogP contribution in [-0.2, 0) is 21.7 Å². The molecule has 0 aliphatic heterocycles. The van der Waals surface area contributed by atoms with E-state index >= 15 is 0 Å². The van der Waals surface area contributed by atoms with Gasteiger partial charge in [-0.3, -0.25) is 0 Å². The molecule has 0 spiro atoms. The van der Waals surface area contributed by atoms with Crippen molar-refractivity contribution in [3.05, 3.63) is 152 Å². The Morgan fingerprint density at radius 1 is 0.241 bits per heavy atom. The number of hydrogen-bond donors (Lipinski definition) is 0. The van der Waals surface area contributed by atoms with Gasteiger partial charge in [0, 0.05) is 21.7 Å². The molecule has 0 aliphatic carbocycles. The van der Waals surface area contributed by atoms with Crippen LogP contribution in [0, 0.1) is 0 Å². The van der Waals surface area contributed by atoms with Gasteiger partial charge in [0.2, 0.25) is 0 Å². The van der Waals surface area contributed by atoms with Gasteiger partial charge in [0.25, 0.3) is 0 Å². The second-order valence-corrected chi connectivity index (χ2v) is 4.81. The first-order valence-corrected chi connectivity index (χ1v) is 8.33. The van der Waals surface area contributed by atoms with E-state index in [-0.39, 0.29) is 58.9 Å². The standard InChI is InChI=1S/5C5H5.3ClH.Ti/c5*1-2-4-5-3-1;;;;/h5*1-5H;3*1H;/q5*-1;;;;/p-3. The summed E-state index contributed by atoms with van der Waals surface area (Å²) >= 11 is 0. The molecule has 0 N–H and O–H groups in total. The summed E-state index contributed by atoms with van der Waals surface area (Å²) in [6.07, 6.45) is 0. The summed E-state index contributed by atoms with van der Waals surface area (Å²) in [6.45, 7) is 0. The Balaban J connectivity index is -0.000000130. The molecular formula is C25H25Cl3Ti-8. The fourth-order valence-electron chi connectivity index (χ4n) is 1.60. The zero-order valence-electron chi connectivity index (χ0n) is 16.1. The van der Waals surface area contributed by atoms with E-state index in [1.807, 2.05) is 152 Å². The molecule has 0 saturated heterocycles. The van der Waals surface area contributed by atoms with Crippen LogP contribution in [-0.4, -0.2) is 0 Å². The van der Waals surface area contributed by atoms with Crippen LogP contribution in [0.2, 0.25) is 0 Å². The molecule has 5 rings (SSSR count). The second kappa shape index (κ2) is 31.0. The summed E-state index contributed by atoms with van der Waals surface area (Å²) in [5.41, 5.74) is 0. The molecule has 158 valence electrons. The first-order valence-electron chi connectivity index (χ1n) is 8.33. The summed E-state index contributed by atoms with van der Waals surface area (Å²) in [6, 6.07) is 50.0. The topological polar surface area (TPSA) is 0 Å². The van der Waals surface area contributed by atoms with Crippen LogP contribution in [0.15, 0.2) is 152 Å². The monoisotopic (exact) mass is 478 g/mol.